The molecule has 5 rings (SSSR count). The van der Waals surface area contributed by atoms with Crippen molar-refractivity contribution < 1.29 is 14.3 Å². The van der Waals surface area contributed by atoms with Crippen molar-refractivity contribution in [1.82, 2.24) is 4.98 Å². The zero-order valence-electron chi connectivity index (χ0n) is 20.1. The van der Waals surface area contributed by atoms with Gasteiger partial charge in [-0.05, 0) is 60.2 Å². The van der Waals surface area contributed by atoms with Crippen molar-refractivity contribution in [2.45, 2.75) is 26.2 Å². The van der Waals surface area contributed by atoms with Gasteiger partial charge in [0.1, 0.15) is 11.5 Å². The van der Waals surface area contributed by atoms with Crippen LogP contribution in [0, 0.1) is 0 Å². The van der Waals surface area contributed by atoms with Crippen LogP contribution in [-0.4, -0.2) is 16.3 Å². The molecule has 1 N–H and O–H groups in total. The van der Waals surface area contributed by atoms with Crippen molar-refractivity contribution >= 4 is 45.9 Å². The van der Waals surface area contributed by atoms with E-state index in [4.69, 9.17) is 32.4 Å². The van der Waals surface area contributed by atoms with E-state index in [0.29, 0.717) is 33.1 Å². The Labute approximate surface area is 225 Å². The zero-order valence-corrected chi connectivity index (χ0v) is 21.6. The van der Waals surface area contributed by atoms with Gasteiger partial charge in [0.25, 0.3) is 0 Å². The van der Waals surface area contributed by atoms with Crippen molar-refractivity contribution in [3.05, 3.63) is 100 Å². The van der Waals surface area contributed by atoms with Gasteiger partial charge >= 0.3 is 5.95 Å². The highest BCUT2D eigenvalue weighted by Crippen LogP contribution is 2.38. The quantitative estimate of drug-likeness (QED) is 0.203. The first kappa shape index (κ1) is 24.9. The number of oxazole rings is 1. The molecule has 0 saturated heterocycles. The van der Waals surface area contributed by atoms with E-state index >= 15 is 0 Å². The number of benzene rings is 4. The number of halogens is 2. The summed E-state index contributed by atoms with van der Waals surface area (Å²) in [5.41, 5.74) is 2.83. The SMILES string of the molecule is CCCCc1ccc(-c2nc(C=Nc3ccc(Oc4ccc5ccccc5c4Cl)c(Cl)c3)c(O)o2)cc1. The number of aromatic hydroxyl groups is 1. The lowest BCUT2D eigenvalue weighted by Crippen LogP contribution is -1.88. The topological polar surface area (TPSA) is 67.9 Å². The molecular weight excluding hydrogens is 507 g/mol. The van der Waals surface area contributed by atoms with Crippen LogP contribution in [0.25, 0.3) is 22.2 Å². The first-order valence-electron chi connectivity index (χ1n) is 12.0. The molecule has 0 unspecified atom stereocenters. The highest BCUT2D eigenvalue weighted by Gasteiger charge is 2.13. The third-order valence-electron chi connectivity index (χ3n) is 5.95. The van der Waals surface area contributed by atoms with Crippen LogP contribution < -0.4 is 4.74 Å². The van der Waals surface area contributed by atoms with Crippen LogP contribution in [-0.2, 0) is 6.42 Å². The van der Waals surface area contributed by atoms with E-state index in [1.807, 2.05) is 48.5 Å². The van der Waals surface area contributed by atoms with Gasteiger partial charge in [-0.1, -0.05) is 79.0 Å². The van der Waals surface area contributed by atoms with Crippen molar-refractivity contribution in [3.63, 3.8) is 0 Å². The summed E-state index contributed by atoms with van der Waals surface area (Å²) in [7, 11) is 0. The van der Waals surface area contributed by atoms with Crippen LogP contribution in [0.5, 0.6) is 17.4 Å². The van der Waals surface area contributed by atoms with Crippen molar-refractivity contribution in [1.29, 1.82) is 0 Å². The molecule has 186 valence electrons. The Morgan fingerprint density at radius 1 is 0.973 bits per heavy atom. The van der Waals surface area contributed by atoms with Gasteiger partial charge in [0.2, 0.25) is 5.89 Å². The minimum Gasteiger partial charge on any atom is -0.479 e. The summed E-state index contributed by atoms with van der Waals surface area (Å²) in [5, 5.41) is 13.0. The second-order valence-corrected chi connectivity index (χ2v) is 9.37. The predicted molar refractivity (Wildman–Crippen MR) is 150 cm³/mol. The molecule has 5 aromatic rings. The second kappa shape index (κ2) is 11.1. The molecule has 0 saturated carbocycles. The summed E-state index contributed by atoms with van der Waals surface area (Å²) in [6.45, 7) is 2.17. The first-order chi connectivity index (χ1) is 18.0. The van der Waals surface area contributed by atoms with Crippen LogP contribution in [0.1, 0.15) is 31.0 Å². The molecule has 0 amide bonds. The molecule has 0 aliphatic rings. The largest absolute Gasteiger partial charge is 0.479 e. The molecule has 0 spiro atoms. The van der Waals surface area contributed by atoms with Crippen LogP contribution in [0.3, 0.4) is 0 Å². The maximum Gasteiger partial charge on any atom is 0.312 e. The standard InChI is InChI=1S/C30H24Cl2N2O3/c1-2-3-6-19-9-11-21(12-10-19)29-34-25(30(35)37-29)18-33-22-14-16-26(24(31)17-22)36-27-15-13-20-7-4-5-8-23(20)28(27)32/h4-5,7-18,35H,2-3,6H2,1H3. The monoisotopic (exact) mass is 530 g/mol. The molecule has 0 aliphatic heterocycles. The van der Waals surface area contributed by atoms with E-state index in [0.717, 1.165) is 35.6 Å². The molecule has 7 heteroatoms. The van der Waals surface area contributed by atoms with Crippen LogP contribution in [0.15, 0.2) is 88.3 Å². The van der Waals surface area contributed by atoms with Gasteiger partial charge in [0.05, 0.1) is 21.9 Å². The van der Waals surface area contributed by atoms with E-state index in [-0.39, 0.29) is 11.6 Å². The number of hydrogen-bond donors (Lipinski definition) is 1. The van der Waals surface area contributed by atoms with Gasteiger partial charge < -0.3 is 14.3 Å². The molecule has 0 aliphatic carbocycles. The second-order valence-electron chi connectivity index (χ2n) is 8.58. The van der Waals surface area contributed by atoms with E-state index in [9.17, 15) is 5.11 Å². The predicted octanol–water partition coefficient (Wildman–Crippen LogP) is 9.39. The van der Waals surface area contributed by atoms with Crippen molar-refractivity contribution in [3.8, 4) is 28.9 Å². The number of aromatic nitrogens is 1. The van der Waals surface area contributed by atoms with E-state index in [1.54, 1.807) is 18.2 Å². The van der Waals surface area contributed by atoms with Crippen LogP contribution in [0.4, 0.5) is 5.69 Å². The molecule has 0 radical (unpaired) electrons. The molecule has 37 heavy (non-hydrogen) atoms. The van der Waals surface area contributed by atoms with Gasteiger partial charge in [-0.3, -0.25) is 4.99 Å². The molecule has 5 nitrogen and oxygen atoms in total. The number of aryl methyl sites for hydroxylation is 1. The first-order valence-corrected chi connectivity index (χ1v) is 12.7. The summed E-state index contributed by atoms with van der Waals surface area (Å²) in [4.78, 5) is 8.77. The van der Waals surface area contributed by atoms with Gasteiger partial charge in [-0.2, -0.15) is 0 Å². The summed E-state index contributed by atoms with van der Waals surface area (Å²) in [6, 6.07) is 24.7. The average molecular weight is 531 g/mol. The van der Waals surface area contributed by atoms with Crippen LogP contribution >= 0.6 is 23.2 Å². The van der Waals surface area contributed by atoms with Crippen LogP contribution in [0.2, 0.25) is 10.0 Å². The fourth-order valence-electron chi connectivity index (χ4n) is 3.93. The highest BCUT2D eigenvalue weighted by atomic mass is 35.5. The smallest absolute Gasteiger partial charge is 0.312 e. The Morgan fingerprint density at radius 2 is 1.76 bits per heavy atom. The summed E-state index contributed by atoms with van der Waals surface area (Å²) in [6.07, 6.45) is 4.77. The Balaban J connectivity index is 1.31. The van der Waals surface area contributed by atoms with E-state index in [2.05, 4.69) is 29.0 Å². The molecular formula is C30H24Cl2N2O3. The van der Waals surface area contributed by atoms with E-state index in [1.165, 1.54) is 11.8 Å². The maximum atomic E-state index is 10.2. The lowest BCUT2D eigenvalue weighted by molar-refractivity contribution is 0.337. The number of ether oxygens (including phenoxy) is 1. The van der Waals surface area contributed by atoms with Gasteiger partial charge in [-0.25, -0.2) is 4.98 Å². The molecule has 0 bridgehead atoms. The maximum absolute atomic E-state index is 10.2. The van der Waals surface area contributed by atoms with Crippen molar-refractivity contribution in [2.75, 3.05) is 0 Å². The van der Waals surface area contributed by atoms with Gasteiger partial charge in [0, 0.05) is 10.9 Å². The molecule has 1 aromatic heterocycles. The minimum atomic E-state index is -0.300. The number of hydrogen-bond acceptors (Lipinski definition) is 5. The van der Waals surface area contributed by atoms with Crippen molar-refractivity contribution in [2.24, 2.45) is 4.99 Å². The Morgan fingerprint density at radius 3 is 2.54 bits per heavy atom. The number of nitrogens with zero attached hydrogens (tertiary/aromatic N) is 2. The summed E-state index contributed by atoms with van der Waals surface area (Å²) in [5.74, 6) is 0.990. The fourth-order valence-corrected chi connectivity index (χ4v) is 4.41. The zero-order chi connectivity index (χ0) is 25.8. The van der Waals surface area contributed by atoms with E-state index < -0.39 is 0 Å². The molecule has 4 aromatic carbocycles. The minimum absolute atomic E-state index is 0.226. The number of unbranched alkanes of at least 4 members (excludes halogenated alkanes) is 1. The summed E-state index contributed by atoms with van der Waals surface area (Å²) < 4.78 is 11.4. The molecule has 0 fully saturated rings. The number of aliphatic imine (C=N–C) groups is 1. The van der Waals surface area contributed by atoms with Gasteiger partial charge in [0.15, 0.2) is 5.69 Å². The molecule has 1 heterocycles. The van der Waals surface area contributed by atoms with Gasteiger partial charge in [-0.15, -0.1) is 0 Å². The lowest BCUT2D eigenvalue weighted by atomic mass is 10.1. The Kier molecular flexibility index (Phi) is 7.45. The lowest BCUT2D eigenvalue weighted by Gasteiger charge is -2.11. The highest BCUT2D eigenvalue weighted by molar-refractivity contribution is 6.37. The normalized spacial score (nSPS) is 11.4. The molecule has 0 atom stereocenters. The Bertz CT molecular complexity index is 1580. The number of fused-ring (bicyclic) bond motifs is 1. The number of rotatable bonds is 8. The summed E-state index contributed by atoms with van der Waals surface area (Å²) >= 11 is 13.0. The average Bonchev–Trinajstić information content (AvgIpc) is 3.29. The third-order valence-corrected chi connectivity index (χ3v) is 6.64. The third kappa shape index (κ3) is 5.63. The fraction of sp³-hybridized carbons (Fsp3) is 0.133. The Hall–Kier alpha value is -3.80.